The van der Waals surface area contributed by atoms with Gasteiger partial charge in [0.1, 0.15) is 6.04 Å². The number of halogens is 1. The highest BCUT2D eigenvalue weighted by Gasteiger charge is 2.25. The number of benzene rings is 2. The van der Waals surface area contributed by atoms with Crippen molar-refractivity contribution in [1.29, 1.82) is 0 Å². The van der Waals surface area contributed by atoms with Crippen LogP contribution in [0.15, 0.2) is 36.4 Å². The van der Waals surface area contributed by atoms with Gasteiger partial charge < -0.3 is 24.8 Å². The molecule has 13 heteroatoms. The number of rotatable bonds is 10. The lowest BCUT2D eigenvalue weighted by molar-refractivity contribution is -0.384. The van der Waals surface area contributed by atoms with Crippen molar-refractivity contribution in [1.82, 2.24) is 5.32 Å². The number of amides is 2. The Balaban J connectivity index is 1.58. The molecule has 11 nitrogen and oxygen atoms in total. The number of ether oxygens (including phenoxy) is 3. The summed E-state index contributed by atoms with van der Waals surface area (Å²) in [7, 11) is 0. The molecule has 2 aromatic carbocycles. The molecule has 2 amide bonds. The van der Waals surface area contributed by atoms with E-state index in [4.69, 9.17) is 25.8 Å². The minimum Gasteiger partial charge on any atom is -0.454 e. The van der Waals surface area contributed by atoms with Crippen molar-refractivity contribution < 1.29 is 33.5 Å². The van der Waals surface area contributed by atoms with Crippen LogP contribution in [0.2, 0.25) is 5.02 Å². The molecule has 2 N–H and O–H groups in total. The van der Waals surface area contributed by atoms with E-state index in [0.717, 1.165) is 12.1 Å². The summed E-state index contributed by atoms with van der Waals surface area (Å²) in [5, 5.41) is 15.8. The normalized spacial score (nSPS) is 12.5. The van der Waals surface area contributed by atoms with Gasteiger partial charge >= 0.3 is 5.97 Å². The SMILES string of the molecule is CSCC[C@@H](NC(=O)c1ccc([N+](=O)[O-])cc1Cl)C(=O)OCC(=O)Nc1ccc2c(c1)OCO2. The zero-order valence-corrected chi connectivity index (χ0v) is 19.4. The minimum absolute atomic E-state index is 0.0326. The summed E-state index contributed by atoms with van der Waals surface area (Å²) in [6, 6.07) is 7.17. The number of thioether (sulfide) groups is 1. The maximum absolute atomic E-state index is 12.6. The number of anilines is 1. The number of non-ortho nitro benzene ring substituents is 1. The van der Waals surface area contributed by atoms with Crippen molar-refractivity contribution in [2.45, 2.75) is 12.5 Å². The fourth-order valence-electron chi connectivity index (χ4n) is 2.93. The minimum atomic E-state index is -1.05. The summed E-state index contributed by atoms with van der Waals surface area (Å²) in [5.41, 5.74) is 0.133. The van der Waals surface area contributed by atoms with Crippen molar-refractivity contribution in [2.75, 3.05) is 30.7 Å². The highest BCUT2D eigenvalue weighted by atomic mass is 35.5. The van der Waals surface area contributed by atoms with Crippen LogP contribution < -0.4 is 20.1 Å². The van der Waals surface area contributed by atoms with Gasteiger partial charge in [-0.2, -0.15) is 11.8 Å². The summed E-state index contributed by atoms with van der Waals surface area (Å²) in [5.74, 6) is -0.517. The van der Waals surface area contributed by atoms with Crippen molar-refractivity contribution in [2.24, 2.45) is 0 Å². The van der Waals surface area contributed by atoms with Crippen LogP contribution in [0.5, 0.6) is 11.5 Å². The number of nitrogens with one attached hydrogen (secondary N) is 2. The van der Waals surface area contributed by atoms with Crippen LogP contribution in [-0.2, 0) is 14.3 Å². The molecule has 0 fully saturated rings. The maximum Gasteiger partial charge on any atom is 0.329 e. The molecule has 0 saturated carbocycles. The highest BCUT2D eigenvalue weighted by molar-refractivity contribution is 7.98. The topological polar surface area (TPSA) is 146 Å². The fraction of sp³-hybridized carbons (Fsp3) is 0.286. The van der Waals surface area contributed by atoms with E-state index in [1.54, 1.807) is 18.2 Å². The molecule has 1 heterocycles. The molecule has 1 aliphatic heterocycles. The second-order valence-electron chi connectivity index (χ2n) is 6.95. The molecule has 0 spiro atoms. The molecule has 0 aliphatic carbocycles. The van der Waals surface area contributed by atoms with Crippen LogP contribution >= 0.6 is 23.4 Å². The van der Waals surface area contributed by atoms with Crippen molar-refractivity contribution in [3.05, 3.63) is 57.1 Å². The fourth-order valence-corrected chi connectivity index (χ4v) is 3.66. The molecule has 0 saturated heterocycles. The Morgan fingerprint density at radius 1 is 1.21 bits per heavy atom. The van der Waals surface area contributed by atoms with Gasteiger partial charge in [0, 0.05) is 23.9 Å². The van der Waals surface area contributed by atoms with Crippen LogP contribution in [0.25, 0.3) is 0 Å². The van der Waals surface area contributed by atoms with Gasteiger partial charge in [0.15, 0.2) is 18.1 Å². The number of nitro groups is 1. The molecular formula is C21H20ClN3O8S. The number of fused-ring (bicyclic) bond motifs is 1. The third-order valence-corrected chi connectivity index (χ3v) is 5.57. The van der Waals surface area contributed by atoms with E-state index in [0.29, 0.717) is 22.9 Å². The predicted octanol–water partition coefficient (Wildman–Crippen LogP) is 3.01. The van der Waals surface area contributed by atoms with Crippen molar-refractivity contribution in [3.8, 4) is 11.5 Å². The quantitative estimate of drug-likeness (QED) is 0.280. The number of carbonyl (C=O) groups is 3. The molecule has 0 unspecified atom stereocenters. The Kier molecular flexibility index (Phi) is 8.55. The van der Waals surface area contributed by atoms with Gasteiger partial charge in [0.25, 0.3) is 17.5 Å². The monoisotopic (exact) mass is 509 g/mol. The van der Waals surface area contributed by atoms with E-state index in [1.807, 2.05) is 6.26 Å². The summed E-state index contributed by atoms with van der Waals surface area (Å²) < 4.78 is 15.5. The molecule has 34 heavy (non-hydrogen) atoms. The van der Waals surface area contributed by atoms with Gasteiger partial charge in [-0.05, 0) is 36.6 Å². The molecular weight excluding hydrogens is 490 g/mol. The lowest BCUT2D eigenvalue weighted by Crippen LogP contribution is -2.43. The van der Waals surface area contributed by atoms with E-state index in [1.165, 1.54) is 17.8 Å². The van der Waals surface area contributed by atoms with Crippen LogP contribution in [0, 0.1) is 10.1 Å². The number of nitro benzene ring substituents is 1. The summed E-state index contributed by atoms with van der Waals surface area (Å²) >= 11 is 7.45. The molecule has 1 atom stereocenters. The summed E-state index contributed by atoms with van der Waals surface area (Å²) in [4.78, 5) is 47.6. The van der Waals surface area contributed by atoms with E-state index in [2.05, 4.69) is 10.6 Å². The first-order valence-electron chi connectivity index (χ1n) is 9.88. The first-order chi connectivity index (χ1) is 16.3. The van der Waals surface area contributed by atoms with Gasteiger partial charge in [-0.25, -0.2) is 4.79 Å². The molecule has 0 radical (unpaired) electrons. The van der Waals surface area contributed by atoms with E-state index >= 15 is 0 Å². The van der Waals surface area contributed by atoms with Crippen LogP contribution in [0.4, 0.5) is 11.4 Å². The van der Waals surface area contributed by atoms with Gasteiger partial charge in [0.05, 0.1) is 15.5 Å². The Labute approximate surface area is 203 Å². The molecule has 2 aromatic rings. The van der Waals surface area contributed by atoms with Crippen LogP contribution in [0.3, 0.4) is 0 Å². The third-order valence-electron chi connectivity index (χ3n) is 4.61. The Hall–Kier alpha value is -3.51. The zero-order valence-electron chi connectivity index (χ0n) is 17.9. The van der Waals surface area contributed by atoms with E-state index in [9.17, 15) is 24.5 Å². The van der Waals surface area contributed by atoms with Gasteiger partial charge in [-0.3, -0.25) is 19.7 Å². The van der Waals surface area contributed by atoms with Crippen molar-refractivity contribution in [3.63, 3.8) is 0 Å². The molecule has 0 bridgehead atoms. The third kappa shape index (κ3) is 6.51. The lowest BCUT2D eigenvalue weighted by atomic mass is 10.1. The molecule has 0 aromatic heterocycles. The van der Waals surface area contributed by atoms with Crippen molar-refractivity contribution >= 4 is 52.5 Å². The first-order valence-corrected chi connectivity index (χ1v) is 11.7. The summed E-state index contributed by atoms with van der Waals surface area (Å²) in [6.45, 7) is -0.476. The average molecular weight is 510 g/mol. The largest absolute Gasteiger partial charge is 0.454 e. The highest BCUT2D eigenvalue weighted by Crippen LogP contribution is 2.34. The summed E-state index contributed by atoms with van der Waals surface area (Å²) in [6.07, 6.45) is 2.07. The lowest BCUT2D eigenvalue weighted by Gasteiger charge is -2.17. The zero-order chi connectivity index (χ0) is 24.7. The number of esters is 1. The number of hydrogen-bond acceptors (Lipinski definition) is 9. The van der Waals surface area contributed by atoms with Gasteiger partial charge in [0.2, 0.25) is 6.79 Å². The smallest absolute Gasteiger partial charge is 0.329 e. The van der Waals surface area contributed by atoms with E-state index < -0.39 is 35.4 Å². The molecule has 1 aliphatic rings. The number of nitrogens with zero attached hydrogens (tertiary/aromatic N) is 1. The number of carbonyl (C=O) groups excluding carboxylic acids is 3. The average Bonchev–Trinajstić information content (AvgIpc) is 3.27. The number of hydrogen-bond donors (Lipinski definition) is 2. The predicted molar refractivity (Wildman–Crippen MR) is 125 cm³/mol. The second-order valence-corrected chi connectivity index (χ2v) is 8.35. The van der Waals surface area contributed by atoms with Gasteiger partial charge in [-0.1, -0.05) is 11.6 Å². The maximum atomic E-state index is 12.6. The Bertz CT molecular complexity index is 1110. The second kappa shape index (κ2) is 11.6. The van der Waals surface area contributed by atoms with Crippen LogP contribution in [0.1, 0.15) is 16.8 Å². The first kappa shape index (κ1) is 25.1. The molecule has 3 rings (SSSR count). The Morgan fingerprint density at radius 2 is 1.97 bits per heavy atom. The van der Waals surface area contributed by atoms with Crippen LogP contribution in [-0.4, -0.2) is 54.2 Å². The van der Waals surface area contributed by atoms with E-state index in [-0.39, 0.29) is 29.5 Å². The van der Waals surface area contributed by atoms with Gasteiger partial charge in [-0.15, -0.1) is 0 Å². The standard InChI is InChI=1S/C21H20ClN3O8S/c1-34-7-6-16(24-20(27)14-4-3-13(25(29)30)9-15(14)22)21(28)31-10-19(26)23-12-2-5-17-18(8-12)33-11-32-17/h2-5,8-9,16H,6-7,10-11H2,1H3,(H,23,26)(H,24,27)/t16-/m1/s1. The molecule has 180 valence electrons. The Morgan fingerprint density at radius 3 is 2.68 bits per heavy atom.